The summed E-state index contributed by atoms with van der Waals surface area (Å²) in [6.07, 6.45) is 4.72. The van der Waals surface area contributed by atoms with Crippen molar-refractivity contribution in [3.05, 3.63) is 25.3 Å². The molecule has 1 aliphatic heterocycles. The van der Waals surface area contributed by atoms with Gasteiger partial charge in [-0.2, -0.15) is 17.0 Å². The second-order valence-corrected chi connectivity index (χ2v) is 8.00. The van der Waals surface area contributed by atoms with Crippen LogP contribution in [0.15, 0.2) is 25.3 Å². The molecular formula is C15H24N2O5S. The maximum absolute atomic E-state index is 12.9. The Hall–Kier alpha value is -1.22. The molecule has 0 aromatic heterocycles. The summed E-state index contributed by atoms with van der Waals surface area (Å²) in [5.41, 5.74) is -0.528. The van der Waals surface area contributed by atoms with Crippen molar-refractivity contribution in [2.45, 2.75) is 37.4 Å². The lowest BCUT2D eigenvalue weighted by Crippen LogP contribution is -2.62. The standard InChI is InChI=1S/C15H24N2O5S/c1-3-8-16(9-4-2)23(20,21)17-11-13(10-14(18)19)22-15(12-17)6-5-7-15/h3-4,13H,1-2,5-12H2,(H,18,19). The van der Waals surface area contributed by atoms with Gasteiger partial charge in [0, 0.05) is 26.2 Å². The smallest absolute Gasteiger partial charge is 0.306 e. The highest BCUT2D eigenvalue weighted by atomic mass is 32.2. The number of hydrogen-bond acceptors (Lipinski definition) is 4. The first-order valence-electron chi connectivity index (χ1n) is 7.69. The Morgan fingerprint density at radius 1 is 1.35 bits per heavy atom. The van der Waals surface area contributed by atoms with Crippen LogP contribution in [0.4, 0.5) is 0 Å². The van der Waals surface area contributed by atoms with Crippen LogP contribution < -0.4 is 0 Å². The SMILES string of the molecule is C=CCN(CC=C)S(=O)(=O)N1CC(CC(=O)O)OC2(CCC2)C1. The van der Waals surface area contributed by atoms with Crippen LogP contribution >= 0.6 is 0 Å². The molecule has 2 fully saturated rings. The fourth-order valence-electron chi connectivity index (χ4n) is 3.08. The fourth-order valence-corrected chi connectivity index (χ4v) is 4.75. The highest BCUT2D eigenvalue weighted by Crippen LogP contribution is 2.41. The Balaban J connectivity index is 2.22. The Morgan fingerprint density at radius 3 is 2.39 bits per heavy atom. The van der Waals surface area contributed by atoms with Gasteiger partial charge in [0.25, 0.3) is 10.2 Å². The van der Waals surface area contributed by atoms with E-state index in [2.05, 4.69) is 13.2 Å². The zero-order valence-electron chi connectivity index (χ0n) is 13.2. The lowest BCUT2D eigenvalue weighted by atomic mass is 9.79. The molecular weight excluding hydrogens is 320 g/mol. The minimum atomic E-state index is -3.71. The van der Waals surface area contributed by atoms with Gasteiger partial charge < -0.3 is 9.84 Å². The monoisotopic (exact) mass is 344 g/mol. The maximum atomic E-state index is 12.9. The van der Waals surface area contributed by atoms with Crippen LogP contribution in [0.3, 0.4) is 0 Å². The van der Waals surface area contributed by atoms with Crippen LogP contribution in [0.1, 0.15) is 25.7 Å². The number of carboxylic acid groups (broad SMARTS) is 1. The average molecular weight is 344 g/mol. The molecule has 0 bridgehead atoms. The van der Waals surface area contributed by atoms with Gasteiger partial charge >= 0.3 is 5.97 Å². The minimum Gasteiger partial charge on any atom is -0.481 e. The van der Waals surface area contributed by atoms with Crippen LogP contribution in [0.5, 0.6) is 0 Å². The molecule has 0 aromatic carbocycles. The number of nitrogens with zero attached hydrogens (tertiary/aromatic N) is 2. The molecule has 130 valence electrons. The van der Waals surface area contributed by atoms with Crippen LogP contribution in [0.2, 0.25) is 0 Å². The molecule has 0 radical (unpaired) electrons. The molecule has 2 aliphatic rings. The predicted octanol–water partition coefficient (Wildman–Crippen LogP) is 1.00. The highest BCUT2D eigenvalue weighted by Gasteiger charge is 2.49. The van der Waals surface area contributed by atoms with Gasteiger partial charge in [0.1, 0.15) is 0 Å². The van der Waals surface area contributed by atoms with E-state index in [-0.39, 0.29) is 32.6 Å². The van der Waals surface area contributed by atoms with Crippen molar-refractivity contribution < 1.29 is 23.1 Å². The number of carboxylic acids is 1. The molecule has 1 N–H and O–H groups in total. The van der Waals surface area contributed by atoms with E-state index in [9.17, 15) is 13.2 Å². The Morgan fingerprint density at radius 2 is 1.96 bits per heavy atom. The first-order chi connectivity index (χ1) is 10.8. The van der Waals surface area contributed by atoms with E-state index in [1.807, 2.05) is 0 Å². The summed E-state index contributed by atoms with van der Waals surface area (Å²) in [6, 6.07) is 0. The molecule has 7 nitrogen and oxygen atoms in total. The van der Waals surface area contributed by atoms with E-state index >= 15 is 0 Å². The topological polar surface area (TPSA) is 87.2 Å². The molecule has 1 heterocycles. The minimum absolute atomic E-state index is 0.0567. The molecule has 1 aliphatic carbocycles. The van der Waals surface area contributed by atoms with Crippen LogP contribution in [-0.2, 0) is 19.7 Å². The number of hydrogen-bond donors (Lipinski definition) is 1. The summed E-state index contributed by atoms with van der Waals surface area (Å²) in [4.78, 5) is 11.0. The third kappa shape index (κ3) is 4.00. The third-order valence-electron chi connectivity index (χ3n) is 4.27. The van der Waals surface area contributed by atoms with Gasteiger partial charge in [-0.05, 0) is 19.3 Å². The molecule has 2 rings (SSSR count). The van der Waals surface area contributed by atoms with E-state index in [4.69, 9.17) is 9.84 Å². The number of aliphatic carboxylic acids is 1. The maximum Gasteiger partial charge on any atom is 0.306 e. The molecule has 0 aromatic rings. The average Bonchev–Trinajstić information content (AvgIpc) is 2.44. The van der Waals surface area contributed by atoms with E-state index in [1.165, 1.54) is 20.8 Å². The molecule has 1 atom stereocenters. The number of morpholine rings is 1. The van der Waals surface area contributed by atoms with Crippen molar-refractivity contribution in [1.82, 2.24) is 8.61 Å². The molecule has 1 spiro atoms. The summed E-state index contributed by atoms with van der Waals surface area (Å²) in [7, 11) is -3.71. The zero-order valence-corrected chi connectivity index (χ0v) is 14.0. The largest absolute Gasteiger partial charge is 0.481 e. The first-order valence-corrected chi connectivity index (χ1v) is 9.09. The highest BCUT2D eigenvalue weighted by molar-refractivity contribution is 7.86. The van der Waals surface area contributed by atoms with E-state index in [0.29, 0.717) is 0 Å². The fraction of sp³-hybridized carbons (Fsp3) is 0.667. The van der Waals surface area contributed by atoms with Crippen molar-refractivity contribution in [3.8, 4) is 0 Å². The summed E-state index contributed by atoms with van der Waals surface area (Å²) in [5, 5.41) is 9.01. The number of rotatable bonds is 8. The zero-order chi connectivity index (χ0) is 17.1. The van der Waals surface area contributed by atoms with Gasteiger partial charge in [-0.25, -0.2) is 0 Å². The van der Waals surface area contributed by atoms with Crippen LogP contribution in [0.25, 0.3) is 0 Å². The summed E-state index contributed by atoms with van der Waals surface area (Å²) < 4.78 is 34.3. The van der Waals surface area contributed by atoms with Gasteiger partial charge in [0.05, 0.1) is 18.1 Å². The number of carbonyl (C=O) groups is 1. The Kier molecular flexibility index (Phi) is 5.61. The molecule has 1 saturated carbocycles. The van der Waals surface area contributed by atoms with E-state index in [1.54, 1.807) is 0 Å². The summed E-state index contributed by atoms with van der Waals surface area (Å²) in [6.45, 7) is 7.88. The van der Waals surface area contributed by atoms with Gasteiger partial charge in [-0.3, -0.25) is 4.79 Å². The van der Waals surface area contributed by atoms with E-state index < -0.39 is 27.9 Å². The lowest BCUT2D eigenvalue weighted by Gasteiger charge is -2.51. The van der Waals surface area contributed by atoms with Gasteiger partial charge in [-0.1, -0.05) is 12.2 Å². The summed E-state index contributed by atoms with van der Waals surface area (Å²) >= 11 is 0. The Labute approximate surface area is 137 Å². The molecule has 1 unspecified atom stereocenters. The predicted molar refractivity (Wildman–Crippen MR) is 86.2 cm³/mol. The Bertz CT molecular complexity index is 560. The van der Waals surface area contributed by atoms with Crippen molar-refractivity contribution >= 4 is 16.2 Å². The van der Waals surface area contributed by atoms with Gasteiger partial charge in [-0.15, -0.1) is 13.2 Å². The van der Waals surface area contributed by atoms with Crippen LogP contribution in [-0.4, -0.2) is 66.0 Å². The second kappa shape index (κ2) is 7.12. The van der Waals surface area contributed by atoms with E-state index in [0.717, 1.165) is 19.3 Å². The number of ether oxygens (including phenoxy) is 1. The van der Waals surface area contributed by atoms with Crippen molar-refractivity contribution in [2.24, 2.45) is 0 Å². The molecule has 8 heteroatoms. The molecule has 1 saturated heterocycles. The van der Waals surface area contributed by atoms with Gasteiger partial charge in [0.2, 0.25) is 0 Å². The normalized spacial score (nSPS) is 24.3. The quantitative estimate of drug-likeness (QED) is 0.664. The molecule has 0 amide bonds. The van der Waals surface area contributed by atoms with Crippen LogP contribution in [0, 0.1) is 0 Å². The lowest BCUT2D eigenvalue weighted by molar-refractivity contribution is -0.183. The summed E-state index contributed by atoms with van der Waals surface area (Å²) in [5.74, 6) is -0.988. The second-order valence-electron chi connectivity index (χ2n) is 6.07. The van der Waals surface area contributed by atoms with Crippen molar-refractivity contribution in [3.63, 3.8) is 0 Å². The van der Waals surface area contributed by atoms with Gasteiger partial charge in [0.15, 0.2) is 0 Å². The molecule has 23 heavy (non-hydrogen) atoms. The first kappa shape index (κ1) is 18.1. The van der Waals surface area contributed by atoms with Crippen molar-refractivity contribution in [1.29, 1.82) is 0 Å². The third-order valence-corrected chi connectivity index (χ3v) is 6.16. The van der Waals surface area contributed by atoms with Crippen molar-refractivity contribution in [2.75, 3.05) is 26.2 Å².